The molecule has 0 aromatic heterocycles. The number of hydrogen-bond acceptors (Lipinski definition) is 3. The normalized spacial score (nSPS) is 19.3. The zero-order chi connectivity index (χ0) is 18.2. The second-order valence-corrected chi connectivity index (χ2v) is 8.52. The molecule has 0 heterocycles. The number of sulfonamides is 1. The second-order valence-electron chi connectivity index (χ2n) is 6.40. The van der Waals surface area contributed by atoms with Crippen LogP contribution in [0.3, 0.4) is 0 Å². The quantitative estimate of drug-likeness (QED) is 0.824. The van der Waals surface area contributed by atoms with Crippen molar-refractivity contribution in [2.75, 3.05) is 10.0 Å². The Balaban J connectivity index is 1.83. The molecule has 2 aromatic carbocycles. The number of hydrogen-bond donors (Lipinski definition) is 2. The molecular weight excluding hydrogens is 360 g/mol. The van der Waals surface area contributed by atoms with Crippen LogP contribution in [0, 0.1) is 18.8 Å². The summed E-state index contributed by atoms with van der Waals surface area (Å²) in [5.41, 5.74) is 1.70. The van der Waals surface area contributed by atoms with E-state index < -0.39 is 10.0 Å². The van der Waals surface area contributed by atoms with Gasteiger partial charge in [-0.2, -0.15) is 0 Å². The van der Waals surface area contributed by atoms with Crippen LogP contribution >= 0.6 is 11.6 Å². The van der Waals surface area contributed by atoms with Crippen LogP contribution in [0.4, 0.5) is 11.4 Å². The predicted molar refractivity (Wildman–Crippen MR) is 99.3 cm³/mol. The minimum absolute atomic E-state index is 0.0178. The Morgan fingerprint density at radius 1 is 1.20 bits per heavy atom. The molecule has 132 valence electrons. The predicted octanol–water partition coefficient (Wildman–Crippen LogP) is 4.04. The van der Waals surface area contributed by atoms with Crippen molar-refractivity contribution in [3.63, 3.8) is 0 Å². The Hall–Kier alpha value is -2.05. The van der Waals surface area contributed by atoms with Crippen molar-refractivity contribution >= 4 is 38.9 Å². The molecule has 1 amide bonds. The van der Waals surface area contributed by atoms with E-state index in [0.717, 1.165) is 12.0 Å². The van der Waals surface area contributed by atoms with E-state index in [1.54, 1.807) is 24.3 Å². The first-order chi connectivity index (χ1) is 11.8. The van der Waals surface area contributed by atoms with Gasteiger partial charge in [0.1, 0.15) is 0 Å². The topological polar surface area (TPSA) is 75.3 Å². The van der Waals surface area contributed by atoms with Crippen molar-refractivity contribution < 1.29 is 13.2 Å². The second kappa shape index (κ2) is 6.69. The van der Waals surface area contributed by atoms with Crippen LogP contribution in [-0.4, -0.2) is 14.3 Å². The average molecular weight is 379 g/mol. The molecule has 0 saturated heterocycles. The third-order valence-corrected chi connectivity index (χ3v) is 5.91. The SMILES string of the molecule is Cc1ccc(S(=O)(=O)Nc2cccc(Cl)c2)cc1NC(=O)[C@@H]1C[C@H]1C. The third kappa shape index (κ3) is 4.14. The van der Waals surface area contributed by atoms with E-state index in [0.29, 0.717) is 22.3 Å². The van der Waals surface area contributed by atoms with Gasteiger partial charge < -0.3 is 5.32 Å². The molecule has 1 aliphatic rings. The number of nitrogens with one attached hydrogen (secondary N) is 2. The fourth-order valence-electron chi connectivity index (χ4n) is 2.58. The highest BCUT2D eigenvalue weighted by molar-refractivity contribution is 7.92. The van der Waals surface area contributed by atoms with Gasteiger partial charge in [0, 0.05) is 16.6 Å². The molecule has 5 nitrogen and oxygen atoms in total. The summed E-state index contributed by atoms with van der Waals surface area (Å²) in [6.45, 7) is 3.85. The van der Waals surface area contributed by atoms with Crippen molar-refractivity contribution in [1.29, 1.82) is 0 Å². The Bertz CT molecular complexity index is 928. The van der Waals surface area contributed by atoms with Crippen LogP contribution in [0.2, 0.25) is 5.02 Å². The van der Waals surface area contributed by atoms with Gasteiger partial charge in [-0.05, 0) is 55.2 Å². The lowest BCUT2D eigenvalue weighted by molar-refractivity contribution is -0.117. The lowest BCUT2D eigenvalue weighted by Crippen LogP contribution is -2.17. The molecule has 0 spiro atoms. The van der Waals surface area contributed by atoms with E-state index in [1.165, 1.54) is 18.2 Å². The summed E-state index contributed by atoms with van der Waals surface area (Å²) in [4.78, 5) is 12.2. The summed E-state index contributed by atoms with van der Waals surface area (Å²) in [6, 6.07) is 11.2. The maximum absolute atomic E-state index is 12.6. The summed E-state index contributed by atoms with van der Waals surface area (Å²) >= 11 is 5.89. The van der Waals surface area contributed by atoms with Crippen LogP contribution in [-0.2, 0) is 14.8 Å². The van der Waals surface area contributed by atoms with Crippen molar-refractivity contribution in [3.8, 4) is 0 Å². The summed E-state index contributed by atoms with van der Waals surface area (Å²) in [5.74, 6) is 0.342. The number of carbonyl (C=O) groups excluding carboxylic acids is 1. The fraction of sp³-hybridized carbons (Fsp3) is 0.278. The number of halogens is 1. The van der Waals surface area contributed by atoms with Crippen molar-refractivity contribution in [1.82, 2.24) is 0 Å². The highest BCUT2D eigenvalue weighted by Gasteiger charge is 2.39. The van der Waals surface area contributed by atoms with Gasteiger partial charge >= 0.3 is 0 Å². The minimum atomic E-state index is -3.78. The molecular formula is C18H19ClN2O3S. The molecule has 0 radical (unpaired) electrons. The minimum Gasteiger partial charge on any atom is -0.326 e. The highest BCUT2D eigenvalue weighted by Crippen LogP contribution is 2.38. The molecule has 25 heavy (non-hydrogen) atoms. The van der Waals surface area contributed by atoms with Gasteiger partial charge in [-0.3, -0.25) is 9.52 Å². The summed E-state index contributed by atoms with van der Waals surface area (Å²) in [7, 11) is -3.78. The lowest BCUT2D eigenvalue weighted by Gasteiger charge is -2.12. The van der Waals surface area contributed by atoms with Crippen LogP contribution in [0.1, 0.15) is 18.9 Å². The molecule has 1 saturated carbocycles. The van der Waals surface area contributed by atoms with Gasteiger partial charge in [0.2, 0.25) is 5.91 Å². The average Bonchev–Trinajstić information content (AvgIpc) is 3.26. The summed E-state index contributed by atoms with van der Waals surface area (Å²) in [5, 5.41) is 3.28. The van der Waals surface area contributed by atoms with Crippen molar-refractivity contribution in [2.45, 2.75) is 25.2 Å². The molecule has 1 aliphatic carbocycles. The van der Waals surface area contributed by atoms with Crippen LogP contribution < -0.4 is 10.0 Å². The number of rotatable bonds is 5. The lowest BCUT2D eigenvalue weighted by atomic mass is 10.2. The largest absolute Gasteiger partial charge is 0.326 e. The van der Waals surface area contributed by atoms with E-state index >= 15 is 0 Å². The highest BCUT2D eigenvalue weighted by atomic mass is 35.5. The van der Waals surface area contributed by atoms with Crippen LogP contribution in [0.25, 0.3) is 0 Å². The maximum Gasteiger partial charge on any atom is 0.261 e. The van der Waals surface area contributed by atoms with Crippen molar-refractivity contribution in [2.24, 2.45) is 11.8 Å². The number of anilines is 2. The van der Waals surface area contributed by atoms with Gasteiger partial charge in [-0.1, -0.05) is 30.7 Å². The molecule has 2 N–H and O–H groups in total. The zero-order valence-electron chi connectivity index (χ0n) is 13.9. The van der Waals surface area contributed by atoms with E-state index in [1.807, 2.05) is 13.8 Å². The Labute approximate surface area is 152 Å². The van der Waals surface area contributed by atoms with Crippen LogP contribution in [0.15, 0.2) is 47.4 Å². The van der Waals surface area contributed by atoms with E-state index in [9.17, 15) is 13.2 Å². The molecule has 0 unspecified atom stereocenters. The summed E-state index contributed by atoms with van der Waals surface area (Å²) < 4.78 is 27.7. The van der Waals surface area contributed by atoms with Gasteiger partial charge in [0.15, 0.2) is 0 Å². The Kier molecular flexibility index (Phi) is 4.75. The molecule has 1 fully saturated rings. The number of carbonyl (C=O) groups is 1. The monoisotopic (exact) mass is 378 g/mol. The third-order valence-electron chi connectivity index (χ3n) is 4.30. The van der Waals surface area contributed by atoms with E-state index in [-0.39, 0.29) is 16.7 Å². The molecule has 0 bridgehead atoms. The van der Waals surface area contributed by atoms with Gasteiger partial charge in [-0.15, -0.1) is 0 Å². The summed E-state index contributed by atoms with van der Waals surface area (Å²) in [6.07, 6.45) is 0.874. The maximum atomic E-state index is 12.6. The van der Waals surface area contributed by atoms with Crippen molar-refractivity contribution in [3.05, 3.63) is 53.1 Å². The zero-order valence-corrected chi connectivity index (χ0v) is 15.5. The van der Waals surface area contributed by atoms with Gasteiger partial charge in [0.25, 0.3) is 10.0 Å². The van der Waals surface area contributed by atoms with E-state index in [4.69, 9.17) is 11.6 Å². The number of benzene rings is 2. The molecule has 2 atom stereocenters. The fourth-order valence-corrected chi connectivity index (χ4v) is 3.85. The standard InChI is InChI=1S/C18H19ClN2O3S/c1-11-6-7-15(10-17(11)20-18(22)16-8-12(16)2)25(23,24)21-14-5-3-4-13(19)9-14/h3-7,9-10,12,16,21H,8H2,1-2H3,(H,20,22)/t12-,16-/m1/s1. The first-order valence-corrected chi connectivity index (χ1v) is 9.82. The Morgan fingerprint density at radius 3 is 2.56 bits per heavy atom. The smallest absolute Gasteiger partial charge is 0.261 e. The van der Waals surface area contributed by atoms with Crippen LogP contribution in [0.5, 0.6) is 0 Å². The molecule has 3 rings (SSSR count). The first-order valence-electron chi connectivity index (χ1n) is 7.96. The van der Waals surface area contributed by atoms with Gasteiger partial charge in [-0.25, -0.2) is 8.42 Å². The van der Waals surface area contributed by atoms with Gasteiger partial charge in [0.05, 0.1) is 10.6 Å². The Morgan fingerprint density at radius 2 is 1.92 bits per heavy atom. The first kappa shape index (κ1) is 17.8. The molecule has 2 aromatic rings. The number of amides is 1. The molecule has 7 heteroatoms. The molecule has 0 aliphatic heterocycles. The number of aryl methyl sites for hydroxylation is 1. The van der Waals surface area contributed by atoms with E-state index in [2.05, 4.69) is 10.0 Å².